The van der Waals surface area contributed by atoms with Crippen molar-refractivity contribution in [3.05, 3.63) is 70.3 Å². The van der Waals surface area contributed by atoms with Crippen molar-refractivity contribution in [2.45, 2.75) is 25.3 Å². The highest BCUT2D eigenvalue weighted by atomic mass is 32.2. The van der Waals surface area contributed by atoms with Crippen LogP contribution in [-0.2, 0) is 16.6 Å². The molecule has 4 rings (SSSR count). The second-order valence-electron chi connectivity index (χ2n) is 6.28. The number of fused-ring (bicyclic) bond motifs is 1. The standard InChI is InChI=1S/C18H16N4O5S/c1-11-3-5-13(6-4-11)21-28(24,25)14-7-8-15-16(9-14)26-18(23)22(15)10-17-19-12(2)27-20-17/h3-9,21H,10H2,1-2H3. The Morgan fingerprint density at radius 1 is 1.11 bits per heavy atom. The highest BCUT2D eigenvalue weighted by Gasteiger charge is 2.19. The number of nitrogens with one attached hydrogen (secondary N) is 1. The van der Waals surface area contributed by atoms with Crippen LogP contribution in [0.15, 0.2) is 61.1 Å². The zero-order chi connectivity index (χ0) is 19.9. The predicted octanol–water partition coefficient (Wildman–Crippen LogP) is 2.44. The van der Waals surface area contributed by atoms with Gasteiger partial charge in [0.25, 0.3) is 10.0 Å². The van der Waals surface area contributed by atoms with E-state index in [9.17, 15) is 13.2 Å². The summed E-state index contributed by atoms with van der Waals surface area (Å²) in [6.07, 6.45) is 0. The third-order valence-corrected chi connectivity index (χ3v) is 5.50. The van der Waals surface area contributed by atoms with Gasteiger partial charge in [-0.25, -0.2) is 13.2 Å². The number of sulfonamides is 1. The van der Waals surface area contributed by atoms with Crippen LogP contribution in [0.5, 0.6) is 0 Å². The van der Waals surface area contributed by atoms with Crippen LogP contribution < -0.4 is 10.5 Å². The van der Waals surface area contributed by atoms with E-state index >= 15 is 0 Å². The molecule has 0 atom stereocenters. The van der Waals surface area contributed by atoms with E-state index in [-0.39, 0.29) is 17.0 Å². The lowest BCUT2D eigenvalue weighted by Crippen LogP contribution is -2.15. The summed E-state index contributed by atoms with van der Waals surface area (Å²) in [5.74, 6) is 0.0601. The molecule has 0 saturated carbocycles. The smallest absolute Gasteiger partial charge is 0.408 e. The molecule has 0 aliphatic carbocycles. The number of oxazole rings is 1. The van der Waals surface area contributed by atoms with Gasteiger partial charge in [-0.05, 0) is 31.2 Å². The lowest BCUT2D eigenvalue weighted by Gasteiger charge is -2.08. The number of aromatic nitrogens is 3. The lowest BCUT2D eigenvalue weighted by atomic mass is 10.2. The number of nitrogens with zero attached hydrogens (tertiary/aromatic N) is 3. The first-order valence-electron chi connectivity index (χ1n) is 8.34. The van der Waals surface area contributed by atoms with Gasteiger partial charge >= 0.3 is 5.76 Å². The highest BCUT2D eigenvalue weighted by molar-refractivity contribution is 7.92. The molecule has 0 fully saturated rings. The Labute approximate surface area is 159 Å². The van der Waals surface area contributed by atoms with Crippen molar-refractivity contribution in [2.75, 3.05) is 4.72 Å². The van der Waals surface area contributed by atoms with Crippen molar-refractivity contribution >= 4 is 26.8 Å². The van der Waals surface area contributed by atoms with Crippen LogP contribution in [-0.4, -0.2) is 23.1 Å². The number of anilines is 1. The molecule has 10 heteroatoms. The van der Waals surface area contributed by atoms with Crippen molar-refractivity contribution in [3.8, 4) is 0 Å². The van der Waals surface area contributed by atoms with Crippen LogP contribution in [0.4, 0.5) is 5.69 Å². The second-order valence-corrected chi connectivity index (χ2v) is 7.97. The van der Waals surface area contributed by atoms with Gasteiger partial charge in [0, 0.05) is 18.7 Å². The number of benzene rings is 2. The van der Waals surface area contributed by atoms with E-state index in [1.54, 1.807) is 31.2 Å². The minimum absolute atomic E-state index is 0.0168. The van der Waals surface area contributed by atoms with Crippen molar-refractivity contribution < 1.29 is 17.4 Å². The van der Waals surface area contributed by atoms with Gasteiger partial charge in [0.1, 0.15) is 0 Å². The zero-order valence-corrected chi connectivity index (χ0v) is 15.9. The minimum Gasteiger partial charge on any atom is -0.408 e. The largest absolute Gasteiger partial charge is 0.420 e. The lowest BCUT2D eigenvalue weighted by molar-refractivity contribution is 0.385. The molecule has 2 aromatic carbocycles. The van der Waals surface area contributed by atoms with Crippen molar-refractivity contribution in [2.24, 2.45) is 0 Å². The topological polar surface area (TPSA) is 120 Å². The van der Waals surface area contributed by atoms with E-state index < -0.39 is 15.8 Å². The Balaban J connectivity index is 1.68. The normalized spacial score (nSPS) is 11.8. The summed E-state index contributed by atoms with van der Waals surface area (Å²) in [7, 11) is -3.84. The molecular weight excluding hydrogens is 384 g/mol. The molecule has 0 radical (unpaired) electrons. The molecule has 0 saturated heterocycles. The summed E-state index contributed by atoms with van der Waals surface area (Å²) < 4.78 is 39.2. The average molecular weight is 400 g/mol. The van der Waals surface area contributed by atoms with Gasteiger partial charge in [0.05, 0.1) is 17.0 Å². The van der Waals surface area contributed by atoms with Gasteiger partial charge in [-0.3, -0.25) is 9.29 Å². The molecule has 0 spiro atoms. The summed E-state index contributed by atoms with van der Waals surface area (Å²) in [4.78, 5) is 16.2. The molecular formula is C18H16N4O5S. The van der Waals surface area contributed by atoms with E-state index in [2.05, 4.69) is 14.9 Å². The quantitative estimate of drug-likeness (QED) is 0.546. The fourth-order valence-corrected chi connectivity index (χ4v) is 3.82. The molecule has 28 heavy (non-hydrogen) atoms. The summed E-state index contributed by atoms with van der Waals surface area (Å²) in [5.41, 5.74) is 2.04. The Bertz CT molecular complexity index is 1320. The number of aryl methyl sites for hydroxylation is 2. The fraction of sp³-hybridized carbons (Fsp3) is 0.167. The Hall–Kier alpha value is -3.40. The van der Waals surface area contributed by atoms with Crippen LogP contribution >= 0.6 is 0 Å². The fourth-order valence-electron chi connectivity index (χ4n) is 2.75. The first-order chi connectivity index (χ1) is 13.3. The van der Waals surface area contributed by atoms with Crippen LogP contribution in [0.2, 0.25) is 0 Å². The summed E-state index contributed by atoms with van der Waals surface area (Å²) >= 11 is 0. The van der Waals surface area contributed by atoms with Gasteiger partial charge in [0.15, 0.2) is 11.4 Å². The Morgan fingerprint density at radius 2 is 1.86 bits per heavy atom. The molecule has 4 aromatic rings. The number of hydrogen-bond acceptors (Lipinski definition) is 7. The van der Waals surface area contributed by atoms with E-state index in [0.717, 1.165) is 5.56 Å². The number of hydrogen-bond donors (Lipinski definition) is 1. The molecule has 2 heterocycles. The van der Waals surface area contributed by atoms with Gasteiger partial charge in [-0.15, -0.1) is 0 Å². The molecule has 1 N–H and O–H groups in total. The van der Waals surface area contributed by atoms with Gasteiger partial charge in [0.2, 0.25) is 5.89 Å². The SMILES string of the molecule is Cc1ccc(NS(=O)(=O)c2ccc3c(c2)oc(=O)n3Cc2noc(C)n2)cc1. The van der Waals surface area contributed by atoms with Gasteiger partial charge < -0.3 is 8.94 Å². The van der Waals surface area contributed by atoms with Crippen LogP contribution in [0.3, 0.4) is 0 Å². The maximum absolute atomic E-state index is 12.6. The highest BCUT2D eigenvalue weighted by Crippen LogP contribution is 2.21. The van der Waals surface area contributed by atoms with E-state index in [4.69, 9.17) is 8.94 Å². The third kappa shape index (κ3) is 3.41. The monoisotopic (exact) mass is 400 g/mol. The predicted molar refractivity (Wildman–Crippen MR) is 101 cm³/mol. The maximum atomic E-state index is 12.6. The second kappa shape index (κ2) is 6.64. The molecule has 0 amide bonds. The minimum atomic E-state index is -3.84. The van der Waals surface area contributed by atoms with Gasteiger partial charge in [-0.1, -0.05) is 22.9 Å². The average Bonchev–Trinajstić information content (AvgIpc) is 3.19. The van der Waals surface area contributed by atoms with Crippen LogP contribution in [0.25, 0.3) is 11.1 Å². The van der Waals surface area contributed by atoms with E-state index in [0.29, 0.717) is 22.9 Å². The number of rotatable bonds is 5. The molecule has 0 aliphatic heterocycles. The Kier molecular flexibility index (Phi) is 4.27. The molecule has 144 valence electrons. The zero-order valence-electron chi connectivity index (χ0n) is 15.0. The molecule has 0 unspecified atom stereocenters. The Morgan fingerprint density at radius 3 is 2.54 bits per heavy atom. The summed E-state index contributed by atoms with van der Waals surface area (Å²) in [6, 6.07) is 11.2. The van der Waals surface area contributed by atoms with Crippen molar-refractivity contribution in [1.29, 1.82) is 0 Å². The first-order valence-corrected chi connectivity index (χ1v) is 9.82. The van der Waals surface area contributed by atoms with E-state index in [1.165, 1.54) is 22.8 Å². The first kappa shape index (κ1) is 18.0. The molecule has 2 aromatic heterocycles. The van der Waals surface area contributed by atoms with Crippen LogP contribution in [0, 0.1) is 13.8 Å². The van der Waals surface area contributed by atoms with Crippen molar-refractivity contribution in [3.63, 3.8) is 0 Å². The third-order valence-electron chi connectivity index (χ3n) is 4.12. The summed E-state index contributed by atoms with van der Waals surface area (Å²) in [5, 5.41) is 3.75. The van der Waals surface area contributed by atoms with Crippen molar-refractivity contribution in [1.82, 2.24) is 14.7 Å². The molecule has 0 aliphatic rings. The molecule has 0 bridgehead atoms. The van der Waals surface area contributed by atoms with Gasteiger partial charge in [-0.2, -0.15) is 4.98 Å². The summed E-state index contributed by atoms with van der Waals surface area (Å²) in [6.45, 7) is 3.61. The molecule has 9 nitrogen and oxygen atoms in total. The maximum Gasteiger partial charge on any atom is 0.420 e. The van der Waals surface area contributed by atoms with E-state index in [1.807, 2.05) is 6.92 Å². The van der Waals surface area contributed by atoms with Crippen LogP contribution in [0.1, 0.15) is 17.3 Å².